The lowest BCUT2D eigenvalue weighted by atomic mass is 10.0. The van der Waals surface area contributed by atoms with Gasteiger partial charge in [0, 0.05) is 30.8 Å². The Balaban J connectivity index is 2.64. The Hall–Kier alpha value is -1.59. The van der Waals surface area contributed by atoms with Gasteiger partial charge >= 0.3 is 0 Å². The zero-order valence-corrected chi connectivity index (χ0v) is 14.7. The first kappa shape index (κ1) is 19.5. The first-order chi connectivity index (χ1) is 10.9. The van der Waals surface area contributed by atoms with Gasteiger partial charge in [0.25, 0.3) is 5.91 Å². The Morgan fingerprint density at radius 1 is 1.22 bits per heavy atom. The average molecular weight is 341 g/mol. The van der Waals surface area contributed by atoms with Crippen LogP contribution in [0.4, 0.5) is 0 Å². The fraction of sp³-hybridized carbons (Fsp3) is 0.529. The summed E-state index contributed by atoms with van der Waals surface area (Å²) >= 11 is 5.82. The lowest BCUT2D eigenvalue weighted by molar-refractivity contribution is -0.123. The number of hydrogen-bond donors (Lipinski definition) is 2. The molecule has 0 aliphatic carbocycles. The maximum absolute atomic E-state index is 12.3. The van der Waals surface area contributed by atoms with Crippen LogP contribution in [0.1, 0.15) is 37.0 Å². The molecule has 2 amide bonds. The molecule has 1 aromatic carbocycles. The van der Waals surface area contributed by atoms with Gasteiger partial charge in [-0.2, -0.15) is 0 Å². The van der Waals surface area contributed by atoms with Crippen molar-refractivity contribution in [2.24, 2.45) is 5.92 Å². The van der Waals surface area contributed by atoms with Crippen LogP contribution in [-0.2, 0) is 9.53 Å². The first-order valence-corrected chi connectivity index (χ1v) is 8.15. The molecule has 1 aromatic rings. The van der Waals surface area contributed by atoms with Gasteiger partial charge in [-0.05, 0) is 43.0 Å². The van der Waals surface area contributed by atoms with Crippen LogP contribution in [0.15, 0.2) is 24.3 Å². The highest BCUT2D eigenvalue weighted by molar-refractivity contribution is 6.30. The summed E-state index contributed by atoms with van der Waals surface area (Å²) in [5.41, 5.74) is 0.482. The Morgan fingerprint density at radius 2 is 1.87 bits per heavy atom. The molecule has 1 atom stereocenters. The number of benzene rings is 1. The fourth-order valence-corrected chi connectivity index (χ4v) is 2.22. The molecular weight excluding hydrogens is 316 g/mol. The summed E-state index contributed by atoms with van der Waals surface area (Å²) in [6.45, 7) is 5.14. The van der Waals surface area contributed by atoms with Crippen LogP contribution in [-0.4, -0.2) is 38.1 Å². The van der Waals surface area contributed by atoms with Crippen LogP contribution in [0.2, 0.25) is 5.02 Å². The van der Waals surface area contributed by atoms with Crippen molar-refractivity contribution < 1.29 is 14.3 Å². The Kier molecular flexibility index (Phi) is 8.66. The number of ether oxygens (including phenoxy) is 1. The average Bonchev–Trinajstić information content (AvgIpc) is 2.50. The molecule has 0 spiro atoms. The van der Waals surface area contributed by atoms with E-state index in [1.165, 1.54) is 0 Å². The Bertz CT molecular complexity index is 503. The molecule has 6 heteroatoms. The van der Waals surface area contributed by atoms with Gasteiger partial charge in [-0.1, -0.05) is 25.4 Å². The van der Waals surface area contributed by atoms with E-state index in [1.807, 2.05) is 13.8 Å². The number of nitrogens with one attached hydrogen (secondary N) is 2. The van der Waals surface area contributed by atoms with E-state index in [9.17, 15) is 9.59 Å². The van der Waals surface area contributed by atoms with E-state index in [0.717, 1.165) is 6.42 Å². The van der Waals surface area contributed by atoms with Crippen molar-refractivity contribution in [3.63, 3.8) is 0 Å². The quantitative estimate of drug-likeness (QED) is 0.679. The van der Waals surface area contributed by atoms with E-state index in [-0.39, 0.29) is 17.7 Å². The summed E-state index contributed by atoms with van der Waals surface area (Å²) in [4.78, 5) is 24.5. The van der Waals surface area contributed by atoms with Crippen molar-refractivity contribution in [1.29, 1.82) is 0 Å². The minimum Gasteiger partial charge on any atom is -0.385 e. The lowest BCUT2D eigenvalue weighted by Crippen LogP contribution is -2.47. The van der Waals surface area contributed by atoms with E-state index in [2.05, 4.69) is 10.6 Å². The van der Waals surface area contributed by atoms with E-state index in [4.69, 9.17) is 16.3 Å². The molecule has 0 bridgehead atoms. The van der Waals surface area contributed by atoms with Gasteiger partial charge in [0.05, 0.1) is 0 Å². The standard InChI is InChI=1S/C17H25ClN2O3/c1-12(2)11-15(17(22)19-9-4-10-23-3)20-16(21)13-5-7-14(18)8-6-13/h5-8,12,15H,4,9-11H2,1-3H3,(H,19,22)(H,20,21). The first-order valence-electron chi connectivity index (χ1n) is 7.77. The van der Waals surface area contributed by atoms with E-state index < -0.39 is 6.04 Å². The number of rotatable bonds is 9. The van der Waals surface area contributed by atoms with Gasteiger partial charge in [-0.15, -0.1) is 0 Å². The van der Waals surface area contributed by atoms with Crippen molar-refractivity contribution in [2.45, 2.75) is 32.7 Å². The van der Waals surface area contributed by atoms with Crippen LogP contribution in [0.3, 0.4) is 0 Å². The summed E-state index contributed by atoms with van der Waals surface area (Å²) in [6, 6.07) is 6.03. The van der Waals surface area contributed by atoms with Crippen molar-refractivity contribution in [3.8, 4) is 0 Å². The molecule has 1 unspecified atom stereocenters. The maximum atomic E-state index is 12.3. The van der Waals surface area contributed by atoms with Crippen LogP contribution in [0, 0.1) is 5.92 Å². The fourth-order valence-electron chi connectivity index (χ4n) is 2.10. The Morgan fingerprint density at radius 3 is 2.43 bits per heavy atom. The van der Waals surface area contributed by atoms with Crippen LogP contribution < -0.4 is 10.6 Å². The van der Waals surface area contributed by atoms with Crippen molar-refractivity contribution in [3.05, 3.63) is 34.9 Å². The smallest absolute Gasteiger partial charge is 0.251 e. The highest BCUT2D eigenvalue weighted by atomic mass is 35.5. The van der Waals surface area contributed by atoms with Gasteiger partial charge in [-0.3, -0.25) is 9.59 Å². The SMILES string of the molecule is COCCCNC(=O)C(CC(C)C)NC(=O)c1ccc(Cl)cc1. The minimum atomic E-state index is -0.555. The molecule has 0 saturated carbocycles. The van der Waals surface area contributed by atoms with Gasteiger partial charge in [0.15, 0.2) is 0 Å². The molecular formula is C17H25ClN2O3. The Labute approximate surface area is 142 Å². The molecule has 23 heavy (non-hydrogen) atoms. The highest BCUT2D eigenvalue weighted by Gasteiger charge is 2.22. The van der Waals surface area contributed by atoms with E-state index in [1.54, 1.807) is 31.4 Å². The minimum absolute atomic E-state index is 0.169. The zero-order valence-electron chi connectivity index (χ0n) is 13.9. The van der Waals surface area contributed by atoms with Crippen LogP contribution in [0.25, 0.3) is 0 Å². The second kappa shape index (κ2) is 10.2. The molecule has 0 aromatic heterocycles. The second-order valence-electron chi connectivity index (χ2n) is 5.80. The third-order valence-corrected chi connectivity index (χ3v) is 3.51. The molecule has 0 heterocycles. The van der Waals surface area contributed by atoms with Crippen LogP contribution >= 0.6 is 11.6 Å². The number of methoxy groups -OCH3 is 1. The zero-order chi connectivity index (χ0) is 17.2. The molecule has 0 fully saturated rings. The molecule has 0 saturated heterocycles. The van der Waals surface area contributed by atoms with Gasteiger partial charge < -0.3 is 15.4 Å². The molecule has 5 nitrogen and oxygen atoms in total. The monoisotopic (exact) mass is 340 g/mol. The van der Waals surface area contributed by atoms with Crippen molar-refractivity contribution in [1.82, 2.24) is 10.6 Å². The van der Waals surface area contributed by atoms with E-state index >= 15 is 0 Å². The van der Waals surface area contributed by atoms with Crippen LogP contribution in [0.5, 0.6) is 0 Å². The van der Waals surface area contributed by atoms with Crippen molar-refractivity contribution in [2.75, 3.05) is 20.3 Å². The summed E-state index contributed by atoms with van der Waals surface area (Å²) < 4.78 is 4.95. The predicted octanol–water partition coefficient (Wildman–Crippen LogP) is 2.64. The number of carbonyl (C=O) groups excluding carboxylic acids is 2. The predicted molar refractivity (Wildman–Crippen MR) is 91.7 cm³/mol. The molecule has 1 rings (SSSR count). The topological polar surface area (TPSA) is 67.4 Å². The lowest BCUT2D eigenvalue weighted by Gasteiger charge is -2.20. The number of hydrogen-bond acceptors (Lipinski definition) is 3. The number of amides is 2. The summed E-state index contributed by atoms with van der Waals surface area (Å²) in [6.07, 6.45) is 1.32. The molecule has 0 aliphatic heterocycles. The normalized spacial score (nSPS) is 12.0. The molecule has 128 valence electrons. The third-order valence-electron chi connectivity index (χ3n) is 3.26. The van der Waals surface area contributed by atoms with E-state index in [0.29, 0.717) is 30.2 Å². The van der Waals surface area contributed by atoms with Gasteiger partial charge in [0.1, 0.15) is 6.04 Å². The highest BCUT2D eigenvalue weighted by Crippen LogP contribution is 2.11. The number of carbonyl (C=O) groups is 2. The largest absolute Gasteiger partial charge is 0.385 e. The number of halogens is 1. The second-order valence-corrected chi connectivity index (χ2v) is 6.24. The van der Waals surface area contributed by atoms with Gasteiger partial charge in [-0.25, -0.2) is 0 Å². The molecule has 0 aliphatic rings. The third kappa shape index (κ3) is 7.48. The molecule has 2 N–H and O–H groups in total. The summed E-state index contributed by atoms with van der Waals surface area (Å²) in [5, 5.41) is 6.20. The summed E-state index contributed by atoms with van der Waals surface area (Å²) in [7, 11) is 1.62. The molecule has 0 radical (unpaired) electrons. The van der Waals surface area contributed by atoms with Crippen molar-refractivity contribution >= 4 is 23.4 Å². The van der Waals surface area contributed by atoms with Gasteiger partial charge in [0.2, 0.25) is 5.91 Å². The maximum Gasteiger partial charge on any atom is 0.251 e. The summed E-state index contributed by atoms with van der Waals surface area (Å²) in [5.74, 6) is -0.160.